The Labute approximate surface area is 194 Å². The van der Waals surface area contributed by atoms with E-state index in [4.69, 9.17) is 11.6 Å². The highest BCUT2D eigenvalue weighted by Crippen LogP contribution is 2.33. The highest BCUT2D eigenvalue weighted by atomic mass is 35.5. The molecule has 1 aliphatic heterocycles. The molecule has 4 rings (SSSR count). The molecule has 0 radical (unpaired) electrons. The first kappa shape index (κ1) is 22.3. The molecule has 1 atom stereocenters. The summed E-state index contributed by atoms with van der Waals surface area (Å²) in [6, 6.07) is 14.9. The molecule has 1 aliphatic rings. The number of carbonyl (C=O) groups is 3. The summed E-state index contributed by atoms with van der Waals surface area (Å²) in [6.45, 7) is 2.68. The maximum absolute atomic E-state index is 13.1. The molecule has 1 fully saturated rings. The summed E-state index contributed by atoms with van der Waals surface area (Å²) in [5.41, 5.74) is -0.163. The average molecular weight is 468 g/mol. The van der Waals surface area contributed by atoms with E-state index in [-0.39, 0.29) is 5.69 Å². The number of amides is 4. The van der Waals surface area contributed by atoms with Crippen LogP contribution in [0.5, 0.6) is 0 Å². The van der Waals surface area contributed by atoms with Crippen LogP contribution in [0.25, 0.3) is 5.69 Å². The number of para-hydroxylation sites is 1. The second-order valence-electron chi connectivity index (χ2n) is 7.91. The fraction of sp³-hybridized carbons (Fsp3) is 0.217. The number of rotatable bonds is 5. The van der Waals surface area contributed by atoms with Crippen LogP contribution in [0, 0.1) is 6.92 Å². The number of anilines is 1. The third-order valence-corrected chi connectivity index (χ3v) is 6.14. The molecule has 1 saturated heterocycles. The maximum Gasteiger partial charge on any atom is 0.325 e. The van der Waals surface area contributed by atoms with Crippen LogP contribution >= 0.6 is 11.6 Å². The van der Waals surface area contributed by atoms with E-state index in [1.807, 2.05) is 6.07 Å². The first-order chi connectivity index (χ1) is 15.6. The molecule has 2 N–H and O–H groups in total. The van der Waals surface area contributed by atoms with Gasteiger partial charge in [0, 0.05) is 17.6 Å². The molecule has 0 saturated carbocycles. The van der Waals surface area contributed by atoms with Gasteiger partial charge in [-0.25, -0.2) is 9.48 Å². The molecule has 170 valence electrons. The van der Waals surface area contributed by atoms with Crippen molar-refractivity contribution in [1.29, 1.82) is 0 Å². The lowest BCUT2D eigenvalue weighted by atomic mass is 9.92. The van der Waals surface area contributed by atoms with E-state index in [2.05, 4.69) is 10.6 Å². The van der Waals surface area contributed by atoms with Crippen LogP contribution in [-0.2, 0) is 22.2 Å². The molecule has 0 unspecified atom stereocenters. The lowest BCUT2D eigenvalue weighted by Crippen LogP contribution is -2.42. The Morgan fingerprint density at radius 1 is 1.06 bits per heavy atom. The van der Waals surface area contributed by atoms with E-state index in [0.29, 0.717) is 22.0 Å². The summed E-state index contributed by atoms with van der Waals surface area (Å²) in [4.78, 5) is 52.2. The van der Waals surface area contributed by atoms with Gasteiger partial charge in [-0.1, -0.05) is 48.0 Å². The van der Waals surface area contributed by atoms with Crippen molar-refractivity contribution in [3.8, 4) is 5.69 Å². The van der Waals surface area contributed by atoms with Gasteiger partial charge in [0.1, 0.15) is 17.8 Å². The predicted molar refractivity (Wildman–Crippen MR) is 123 cm³/mol. The van der Waals surface area contributed by atoms with Gasteiger partial charge in [-0.2, -0.15) is 0 Å². The Kier molecular flexibility index (Phi) is 5.59. The molecule has 9 nitrogen and oxygen atoms in total. The van der Waals surface area contributed by atoms with Gasteiger partial charge >= 0.3 is 6.03 Å². The summed E-state index contributed by atoms with van der Waals surface area (Å²) in [6.07, 6.45) is 0. The number of benzene rings is 2. The van der Waals surface area contributed by atoms with Crippen LogP contribution in [0.15, 0.2) is 59.4 Å². The zero-order valence-corrected chi connectivity index (χ0v) is 19.0. The van der Waals surface area contributed by atoms with Gasteiger partial charge in [0.2, 0.25) is 5.91 Å². The van der Waals surface area contributed by atoms with Crippen LogP contribution in [0.3, 0.4) is 0 Å². The standard InChI is InChI=1S/C23H22ClN5O4/c1-14-19(20(31)29(27(14)3)15-9-5-4-6-10-15)25-18(30)13-28-21(32)23(2,26-22(28)33)16-11-7-8-12-17(16)24/h4-12H,13H2,1-3H3,(H,25,30)(H,26,33)/t23-/m0/s1. The van der Waals surface area contributed by atoms with Crippen LogP contribution in [-0.4, -0.2) is 38.7 Å². The first-order valence-electron chi connectivity index (χ1n) is 10.2. The number of nitrogens with zero attached hydrogens (tertiary/aromatic N) is 3. The highest BCUT2D eigenvalue weighted by Gasteiger charge is 2.50. The zero-order valence-electron chi connectivity index (χ0n) is 18.3. The van der Waals surface area contributed by atoms with Gasteiger partial charge in [0.25, 0.3) is 11.5 Å². The molecular weight excluding hydrogens is 446 g/mol. The van der Waals surface area contributed by atoms with E-state index < -0.39 is 35.5 Å². The van der Waals surface area contributed by atoms with Crippen molar-refractivity contribution in [3.63, 3.8) is 0 Å². The topological polar surface area (TPSA) is 105 Å². The zero-order chi connectivity index (χ0) is 23.9. The lowest BCUT2D eigenvalue weighted by Gasteiger charge is -2.23. The number of halogens is 1. The normalized spacial score (nSPS) is 17.9. The van der Waals surface area contributed by atoms with Gasteiger partial charge < -0.3 is 10.6 Å². The second-order valence-corrected chi connectivity index (χ2v) is 8.32. The van der Waals surface area contributed by atoms with Crippen LogP contribution in [0.2, 0.25) is 5.02 Å². The van der Waals surface area contributed by atoms with Crippen molar-refractivity contribution in [1.82, 2.24) is 19.6 Å². The number of nitrogens with one attached hydrogen (secondary N) is 2. The van der Waals surface area contributed by atoms with E-state index in [1.165, 1.54) is 11.6 Å². The Bertz CT molecular complexity index is 1330. The number of aromatic nitrogens is 2. The van der Waals surface area contributed by atoms with Crippen molar-refractivity contribution >= 4 is 35.1 Å². The minimum atomic E-state index is -1.40. The number of imide groups is 1. The molecule has 0 spiro atoms. The average Bonchev–Trinajstić information content (AvgIpc) is 3.13. The number of urea groups is 1. The molecule has 2 aromatic carbocycles. The van der Waals surface area contributed by atoms with Crippen LogP contribution < -0.4 is 16.2 Å². The Morgan fingerprint density at radius 2 is 1.70 bits per heavy atom. The monoisotopic (exact) mass is 467 g/mol. The molecule has 0 bridgehead atoms. The molecule has 4 amide bonds. The van der Waals surface area contributed by atoms with Gasteiger partial charge in [0.05, 0.1) is 11.4 Å². The van der Waals surface area contributed by atoms with Crippen molar-refractivity contribution in [2.45, 2.75) is 19.4 Å². The van der Waals surface area contributed by atoms with Crippen molar-refractivity contribution in [2.75, 3.05) is 11.9 Å². The smallest absolute Gasteiger partial charge is 0.319 e. The van der Waals surface area contributed by atoms with Gasteiger partial charge in [-0.05, 0) is 32.0 Å². The molecule has 2 heterocycles. The predicted octanol–water partition coefficient (Wildman–Crippen LogP) is 2.54. The summed E-state index contributed by atoms with van der Waals surface area (Å²) < 4.78 is 3.04. The third-order valence-electron chi connectivity index (χ3n) is 5.81. The number of hydrogen-bond donors (Lipinski definition) is 2. The minimum Gasteiger partial charge on any atom is -0.319 e. The Balaban J connectivity index is 1.57. The van der Waals surface area contributed by atoms with E-state index in [1.54, 1.807) is 67.2 Å². The van der Waals surface area contributed by atoms with Crippen LogP contribution in [0.1, 0.15) is 18.2 Å². The molecule has 0 aliphatic carbocycles. The maximum atomic E-state index is 13.1. The fourth-order valence-corrected chi connectivity index (χ4v) is 4.25. The summed E-state index contributed by atoms with van der Waals surface area (Å²) in [7, 11) is 1.70. The minimum absolute atomic E-state index is 0.0762. The molecule has 3 aromatic rings. The quantitative estimate of drug-likeness (QED) is 0.562. The lowest BCUT2D eigenvalue weighted by molar-refractivity contribution is -0.133. The summed E-state index contributed by atoms with van der Waals surface area (Å²) in [5, 5.41) is 5.50. The largest absolute Gasteiger partial charge is 0.325 e. The molecular formula is C23H22ClN5O4. The van der Waals surface area contributed by atoms with Crippen LogP contribution in [0.4, 0.5) is 10.5 Å². The van der Waals surface area contributed by atoms with E-state index in [0.717, 1.165) is 4.90 Å². The summed E-state index contributed by atoms with van der Waals surface area (Å²) >= 11 is 6.23. The third kappa shape index (κ3) is 3.70. The number of carbonyl (C=O) groups excluding carboxylic acids is 3. The van der Waals surface area contributed by atoms with Gasteiger partial charge in [-0.3, -0.25) is 24.0 Å². The summed E-state index contributed by atoms with van der Waals surface area (Å²) in [5.74, 6) is -1.28. The molecule has 10 heteroatoms. The second kappa shape index (κ2) is 8.25. The van der Waals surface area contributed by atoms with Gasteiger partial charge in [0.15, 0.2) is 0 Å². The van der Waals surface area contributed by atoms with Crippen molar-refractivity contribution < 1.29 is 14.4 Å². The first-order valence-corrected chi connectivity index (χ1v) is 10.6. The van der Waals surface area contributed by atoms with E-state index >= 15 is 0 Å². The van der Waals surface area contributed by atoms with E-state index in [9.17, 15) is 19.2 Å². The highest BCUT2D eigenvalue weighted by molar-refractivity contribution is 6.32. The fourth-order valence-electron chi connectivity index (χ4n) is 3.92. The van der Waals surface area contributed by atoms with Crippen molar-refractivity contribution in [2.24, 2.45) is 7.05 Å². The Morgan fingerprint density at radius 3 is 2.36 bits per heavy atom. The van der Waals surface area contributed by atoms with Crippen molar-refractivity contribution in [3.05, 3.63) is 81.2 Å². The molecule has 1 aromatic heterocycles. The Hall–Kier alpha value is -3.85. The van der Waals surface area contributed by atoms with Gasteiger partial charge in [-0.15, -0.1) is 0 Å². The SMILES string of the molecule is Cc1c(NC(=O)CN2C(=O)N[C@@](C)(c3ccccc3Cl)C2=O)c(=O)n(-c2ccccc2)n1C. The number of hydrogen-bond acceptors (Lipinski definition) is 4. The molecule has 33 heavy (non-hydrogen) atoms.